The number of carbonyl (C=O) groups excluding carboxylic acids is 1. The van der Waals surface area contributed by atoms with Gasteiger partial charge in [-0.1, -0.05) is 49.7 Å². The quantitative estimate of drug-likeness (QED) is 0.824. The molecule has 0 atom stereocenters. The van der Waals surface area contributed by atoms with Gasteiger partial charge in [-0.25, -0.2) is 0 Å². The van der Waals surface area contributed by atoms with E-state index in [2.05, 4.69) is 31.3 Å². The molecule has 0 unspecified atom stereocenters. The molecule has 1 N–H and O–H groups in total. The van der Waals surface area contributed by atoms with Gasteiger partial charge in [0.05, 0.1) is 0 Å². The maximum atomic E-state index is 11.9. The van der Waals surface area contributed by atoms with Gasteiger partial charge in [0.2, 0.25) is 5.91 Å². The van der Waals surface area contributed by atoms with Crippen LogP contribution in [0.15, 0.2) is 48.5 Å². The lowest BCUT2D eigenvalue weighted by molar-refractivity contribution is -0.116. The van der Waals surface area contributed by atoms with Crippen LogP contribution in [0.1, 0.15) is 37.3 Å². The standard InChI is InChI=1S/C18H20ClNO/c1-13(2)15-7-9-17(10-8-15)20-18(21)11-6-14-4-3-5-16(19)12-14/h3-5,7-10,12-13H,6,11H2,1-2H3,(H,20,21). The zero-order valence-corrected chi connectivity index (χ0v) is 13.2. The Morgan fingerprint density at radius 1 is 1.14 bits per heavy atom. The molecular weight excluding hydrogens is 282 g/mol. The van der Waals surface area contributed by atoms with Crippen molar-refractivity contribution in [1.82, 2.24) is 0 Å². The Labute approximate surface area is 131 Å². The van der Waals surface area contributed by atoms with Crippen molar-refractivity contribution in [3.05, 3.63) is 64.7 Å². The number of anilines is 1. The van der Waals surface area contributed by atoms with Crippen molar-refractivity contribution in [3.8, 4) is 0 Å². The molecule has 0 heterocycles. The van der Waals surface area contributed by atoms with Crippen LogP contribution in [-0.4, -0.2) is 5.91 Å². The fourth-order valence-corrected chi connectivity index (χ4v) is 2.34. The van der Waals surface area contributed by atoms with Crippen molar-refractivity contribution in [3.63, 3.8) is 0 Å². The van der Waals surface area contributed by atoms with Gasteiger partial charge < -0.3 is 5.32 Å². The van der Waals surface area contributed by atoms with E-state index in [-0.39, 0.29) is 5.91 Å². The monoisotopic (exact) mass is 301 g/mol. The number of hydrogen-bond donors (Lipinski definition) is 1. The number of rotatable bonds is 5. The molecule has 2 aromatic rings. The summed E-state index contributed by atoms with van der Waals surface area (Å²) >= 11 is 5.93. The molecule has 0 saturated carbocycles. The molecular formula is C18H20ClNO. The number of halogens is 1. The Hall–Kier alpha value is -1.80. The Bertz CT molecular complexity index is 605. The first-order chi connectivity index (χ1) is 10.0. The molecule has 3 heteroatoms. The average Bonchev–Trinajstić information content (AvgIpc) is 2.46. The predicted octanol–water partition coefficient (Wildman–Crippen LogP) is 5.03. The highest BCUT2D eigenvalue weighted by Gasteiger charge is 2.04. The summed E-state index contributed by atoms with van der Waals surface area (Å²) in [4.78, 5) is 11.9. The van der Waals surface area contributed by atoms with Gasteiger partial charge in [0.25, 0.3) is 0 Å². The largest absolute Gasteiger partial charge is 0.326 e. The lowest BCUT2D eigenvalue weighted by Gasteiger charge is -2.08. The number of carbonyl (C=O) groups is 1. The molecule has 0 aliphatic carbocycles. The Balaban J connectivity index is 1.87. The van der Waals surface area contributed by atoms with Crippen LogP contribution in [0.25, 0.3) is 0 Å². The molecule has 0 radical (unpaired) electrons. The van der Waals surface area contributed by atoms with Crippen molar-refractivity contribution in [2.45, 2.75) is 32.6 Å². The van der Waals surface area contributed by atoms with Gasteiger partial charge in [-0.05, 0) is 47.7 Å². The minimum atomic E-state index is 0.0206. The third kappa shape index (κ3) is 4.91. The van der Waals surface area contributed by atoms with Gasteiger partial charge in [-0.3, -0.25) is 4.79 Å². The highest BCUT2D eigenvalue weighted by atomic mass is 35.5. The molecule has 0 spiro atoms. The van der Waals surface area contributed by atoms with Gasteiger partial charge in [0.1, 0.15) is 0 Å². The summed E-state index contributed by atoms with van der Waals surface area (Å²) in [6, 6.07) is 15.6. The van der Waals surface area contributed by atoms with Crippen molar-refractivity contribution in [2.75, 3.05) is 5.32 Å². The molecule has 2 rings (SSSR count). The fraction of sp³-hybridized carbons (Fsp3) is 0.278. The van der Waals surface area contributed by atoms with Crippen LogP contribution in [0.2, 0.25) is 5.02 Å². The number of amides is 1. The summed E-state index contributed by atoms with van der Waals surface area (Å²) in [5.74, 6) is 0.518. The van der Waals surface area contributed by atoms with Crippen LogP contribution in [0, 0.1) is 0 Å². The molecule has 0 aliphatic rings. The average molecular weight is 302 g/mol. The first-order valence-corrected chi connectivity index (χ1v) is 7.56. The van der Waals surface area contributed by atoms with Crippen LogP contribution < -0.4 is 5.32 Å². The van der Waals surface area contributed by atoms with E-state index in [1.807, 2.05) is 36.4 Å². The number of hydrogen-bond acceptors (Lipinski definition) is 1. The molecule has 0 aliphatic heterocycles. The van der Waals surface area contributed by atoms with E-state index in [0.29, 0.717) is 23.8 Å². The van der Waals surface area contributed by atoms with Crippen molar-refractivity contribution < 1.29 is 4.79 Å². The Morgan fingerprint density at radius 3 is 2.48 bits per heavy atom. The fourth-order valence-electron chi connectivity index (χ4n) is 2.13. The van der Waals surface area contributed by atoms with E-state index in [1.165, 1.54) is 5.56 Å². The van der Waals surface area contributed by atoms with Gasteiger partial charge in [0, 0.05) is 17.1 Å². The second kappa shape index (κ2) is 7.28. The number of nitrogens with one attached hydrogen (secondary N) is 1. The van der Waals surface area contributed by atoms with Gasteiger partial charge in [-0.2, -0.15) is 0 Å². The second-order valence-corrected chi connectivity index (χ2v) is 5.89. The van der Waals surface area contributed by atoms with Gasteiger partial charge in [-0.15, -0.1) is 0 Å². The van der Waals surface area contributed by atoms with Crippen LogP contribution in [0.5, 0.6) is 0 Å². The van der Waals surface area contributed by atoms with Crippen molar-refractivity contribution in [2.24, 2.45) is 0 Å². The lowest BCUT2D eigenvalue weighted by Crippen LogP contribution is -2.12. The zero-order valence-electron chi connectivity index (χ0n) is 12.4. The van der Waals surface area contributed by atoms with Crippen LogP contribution in [-0.2, 0) is 11.2 Å². The topological polar surface area (TPSA) is 29.1 Å². The van der Waals surface area contributed by atoms with E-state index >= 15 is 0 Å². The van der Waals surface area contributed by atoms with Crippen LogP contribution in [0.3, 0.4) is 0 Å². The van der Waals surface area contributed by atoms with E-state index in [4.69, 9.17) is 11.6 Å². The van der Waals surface area contributed by atoms with E-state index < -0.39 is 0 Å². The zero-order chi connectivity index (χ0) is 15.2. The molecule has 0 bridgehead atoms. The molecule has 0 saturated heterocycles. The maximum Gasteiger partial charge on any atom is 0.224 e. The van der Waals surface area contributed by atoms with E-state index in [1.54, 1.807) is 0 Å². The molecule has 0 fully saturated rings. The molecule has 2 nitrogen and oxygen atoms in total. The first kappa shape index (κ1) is 15.6. The van der Waals surface area contributed by atoms with E-state index in [0.717, 1.165) is 11.3 Å². The highest BCUT2D eigenvalue weighted by molar-refractivity contribution is 6.30. The van der Waals surface area contributed by atoms with E-state index in [9.17, 15) is 4.79 Å². The van der Waals surface area contributed by atoms with Gasteiger partial charge >= 0.3 is 0 Å². The predicted molar refractivity (Wildman–Crippen MR) is 88.9 cm³/mol. The molecule has 1 amide bonds. The number of benzene rings is 2. The SMILES string of the molecule is CC(C)c1ccc(NC(=O)CCc2cccc(Cl)c2)cc1. The van der Waals surface area contributed by atoms with Gasteiger partial charge in [0.15, 0.2) is 0 Å². The second-order valence-electron chi connectivity index (χ2n) is 5.45. The normalized spacial score (nSPS) is 10.7. The lowest BCUT2D eigenvalue weighted by atomic mass is 10.0. The molecule has 0 aromatic heterocycles. The van der Waals surface area contributed by atoms with Crippen molar-refractivity contribution in [1.29, 1.82) is 0 Å². The third-order valence-corrected chi connectivity index (χ3v) is 3.63. The minimum absolute atomic E-state index is 0.0206. The number of aryl methyl sites for hydroxylation is 1. The summed E-state index contributed by atoms with van der Waals surface area (Å²) in [6.07, 6.45) is 1.14. The molecule has 2 aromatic carbocycles. The first-order valence-electron chi connectivity index (χ1n) is 7.19. The Kier molecular flexibility index (Phi) is 5.40. The minimum Gasteiger partial charge on any atom is -0.326 e. The summed E-state index contributed by atoms with van der Waals surface area (Å²) in [5, 5.41) is 3.63. The summed E-state index contributed by atoms with van der Waals surface area (Å²) in [6.45, 7) is 4.30. The summed E-state index contributed by atoms with van der Waals surface area (Å²) in [5.41, 5.74) is 3.19. The van der Waals surface area contributed by atoms with Crippen LogP contribution >= 0.6 is 11.6 Å². The Morgan fingerprint density at radius 2 is 1.86 bits per heavy atom. The highest BCUT2D eigenvalue weighted by Crippen LogP contribution is 2.17. The van der Waals surface area contributed by atoms with Crippen molar-refractivity contribution >= 4 is 23.2 Å². The summed E-state index contributed by atoms with van der Waals surface area (Å²) in [7, 11) is 0. The molecule has 21 heavy (non-hydrogen) atoms. The van der Waals surface area contributed by atoms with Crippen LogP contribution in [0.4, 0.5) is 5.69 Å². The molecule has 110 valence electrons. The maximum absolute atomic E-state index is 11.9. The third-order valence-electron chi connectivity index (χ3n) is 3.39. The smallest absolute Gasteiger partial charge is 0.224 e. The summed E-state index contributed by atoms with van der Waals surface area (Å²) < 4.78 is 0.